The molecule has 1 rings (SSSR count). The molecule has 0 saturated heterocycles. The van der Waals surface area contributed by atoms with Gasteiger partial charge in [-0.15, -0.1) is 0 Å². The first-order chi connectivity index (χ1) is 8.50. The highest BCUT2D eigenvalue weighted by molar-refractivity contribution is 5.64. The van der Waals surface area contributed by atoms with Crippen LogP contribution in [0.15, 0.2) is 18.2 Å². The standard InChI is InChI=1S/C12H17FN2O3/c1-8(14)10-7-9(13)3-4-11(10)17-5-2-6-18-12(15)16/h3-4,7-8H,2,5-6,14H2,1H3,(H2,15,16)/t8-/m1/s1. The minimum Gasteiger partial charge on any atom is -0.493 e. The summed E-state index contributed by atoms with van der Waals surface area (Å²) in [4.78, 5) is 10.3. The molecule has 1 aromatic carbocycles. The van der Waals surface area contributed by atoms with Gasteiger partial charge in [-0.05, 0) is 25.1 Å². The zero-order chi connectivity index (χ0) is 13.5. The minimum absolute atomic E-state index is 0.185. The molecule has 0 heterocycles. The van der Waals surface area contributed by atoms with Gasteiger partial charge in [0.25, 0.3) is 0 Å². The van der Waals surface area contributed by atoms with Crippen molar-refractivity contribution in [3.05, 3.63) is 29.6 Å². The maximum Gasteiger partial charge on any atom is 0.404 e. The number of carbonyl (C=O) groups excluding carboxylic acids is 1. The average Bonchev–Trinajstić information content (AvgIpc) is 2.29. The molecule has 0 saturated carbocycles. The van der Waals surface area contributed by atoms with Gasteiger partial charge in [0.1, 0.15) is 11.6 Å². The van der Waals surface area contributed by atoms with Crippen LogP contribution in [-0.2, 0) is 4.74 Å². The molecule has 0 aliphatic heterocycles. The number of nitrogens with two attached hydrogens (primary N) is 2. The minimum atomic E-state index is -0.812. The van der Waals surface area contributed by atoms with Crippen LogP contribution in [0.1, 0.15) is 24.9 Å². The molecule has 0 aromatic heterocycles. The number of hydrogen-bond acceptors (Lipinski definition) is 4. The van der Waals surface area contributed by atoms with Gasteiger partial charge in [-0.1, -0.05) is 0 Å². The Balaban J connectivity index is 2.49. The number of hydrogen-bond donors (Lipinski definition) is 2. The first-order valence-corrected chi connectivity index (χ1v) is 5.60. The van der Waals surface area contributed by atoms with Crippen LogP contribution < -0.4 is 16.2 Å². The monoisotopic (exact) mass is 256 g/mol. The highest BCUT2D eigenvalue weighted by atomic mass is 19.1. The molecular formula is C12H17FN2O3. The molecule has 0 aliphatic rings. The van der Waals surface area contributed by atoms with E-state index in [1.165, 1.54) is 18.2 Å². The van der Waals surface area contributed by atoms with Crippen molar-refractivity contribution < 1.29 is 18.7 Å². The Hall–Kier alpha value is -1.82. The lowest BCUT2D eigenvalue weighted by molar-refractivity contribution is 0.147. The fourth-order valence-electron chi connectivity index (χ4n) is 1.42. The Morgan fingerprint density at radius 2 is 2.17 bits per heavy atom. The first-order valence-electron chi connectivity index (χ1n) is 5.60. The summed E-state index contributed by atoms with van der Waals surface area (Å²) in [5.74, 6) is 0.178. The van der Waals surface area contributed by atoms with Gasteiger partial charge < -0.3 is 20.9 Å². The van der Waals surface area contributed by atoms with Gasteiger partial charge in [0.2, 0.25) is 0 Å². The van der Waals surface area contributed by atoms with Gasteiger partial charge >= 0.3 is 6.09 Å². The summed E-state index contributed by atoms with van der Waals surface area (Å²) in [5, 5.41) is 0. The Bertz CT molecular complexity index is 410. The number of halogens is 1. The largest absolute Gasteiger partial charge is 0.493 e. The van der Waals surface area contributed by atoms with Crippen molar-refractivity contribution in [2.75, 3.05) is 13.2 Å². The number of rotatable bonds is 6. The van der Waals surface area contributed by atoms with Gasteiger partial charge in [0, 0.05) is 18.0 Å². The number of ether oxygens (including phenoxy) is 2. The van der Waals surface area contributed by atoms with Crippen LogP contribution in [0.3, 0.4) is 0 Å². The predicted molar refractivity (Wildman–Crippen MR) is 64.6 cm³/mol. The van der Waals surface area contributed by atoms with Crippen LogP contribution in [0.2, 0.25) is 0 Å². The Kier molecular flexibility index (Phi) is 5.38. The number of primary amides is 1. The van der Waals surface area contributed by atoms with E-state index in [4.69, 9.17) is 16.2 Å². The molecule has 1 aromatic rings. The van der Waals surface area contributed by atoms with Crippen molar-refractivity contribution in [3.63, 3.8) is 0 Å². The summed E-state index contributed by atoms with van der Waals surface area (Å²) >= 11 is 0. The van der Waals surface area contributed by atoms with Crippen molar-refractivity contribution in [2.45, 2.75) is 19.4 Å². The molecule has 4 N–H and O–H groups in total. The maximum absolute atomic E-state index is 13.1. The Morgan fingerprint density at radius 1 is 1.44 bits per heavy atom. The van der Waals surface area contributed by atoms with Gasteiger partial charge in [0.15, 0.2) is 0 Å². The molecule has 0 aliphatic carbocycles. The smallest absolute Gasteiger partial charge is 0.404 e. The lowest BCUT2D eigenvalue weighted by Crippen LogP contribution is -2.15. The van der Waals surface area contributed by atoms with Crippen molar-refractivity contribution in [2.24, 2.45) is 11.5 Å². The SMILES string of the molecule is C[C@@H](N)c1cc(F)ccc1OCCCOC(N)=O. The molecule has 1 amide bonds. The quantitative estimate of drug-likeness (QED) is 0.758. The van der Waals surface area contributed by atoms with Gasteiger partial charge in [0.05, 0.1) is 13.2 Å². The lowest BCUT2D eigenvalue weighted by atomic mass is 10.1. The van der Waals surface area contributed by atoms with Crippen LogP contribution in [0.5, 0.6) is 5.75 Å². The van der Waals surface area contributed by atoms with Crippen molar-refractivity contribution in [1.29, 1.82) is 0 Å². The van der Waals surface area contributed by atoms with E-state index in [0.29, 0.717) is 24.3 Å². The number of carbonyl (C=O) groups is 1. The third kappa shape index (κ3) is 4.58. The average molecular weight is 256 g/mol. The van der Waals surface area contributed by atoms with E-state index in [2.05, 4.69) is 4.74 Å². The molecule has 0 bridgehead atoms. The molecule has 5 nitrogen and oxygen atoms in total. The summed E-state index contributed by atoms with van der Waals surface area (Å²) in [7, 11) is 0. The van der Waals surface area contributed by atoms with Crippen LogP contribution in [0.4, 0.5) is 9.18 Å². The van der Waals surface area contributed by atoms with Crippen molar-refractivity contribution in [1.82, 2.24) is 0 Å². The first kappa shape index (κ1) is 14.2. The van der Waals surface area contributed by atoms with Gasteiger partial charge in [-0.2, -0.15) is 0 Å². The van der Waals surface area contributed by atoms with Crippen LogP contribution in [0, 0.1) is 5.82 Å². The highest BCUT2D eigenvalue weighted by Crippen LogP contribution is 2.24. The molecule has 0 spiro atoms. The van der Waals surface area contributed by atoms with E-state index in [1.807, 2.05) is 0 Å². The molecule has 0 radical (unpaired) electrons. The van der Waals surface area contributed by atoms with E-state index in [-0.39, 0.29) is 18.5 Å². The summed E-state index contributed by atoms with van der Waals surface area (Å²) in [5.41, 5.74) is 11.1. The van der Waals surface area contributed by atoms with Crippen molar-refractivity contribution in [3.8, 4) is 5.75 Å². The maximum atomic E-state index is 13.1. The predicted octanol–water partition coefficient (Wildman–Crippen LogP) is 1.71. The molecule has 18 heavy (non-hydrogen) atoms. The fourth-order valence-corrected chi connectivity index (χ4v) is 1.42. The topological polar surface area (TPSA) is 87.6 Å². The normalized spacial score (nSPS) is 11.9. The number of benzene rings is 1. The zero-order valence-corrected chi connectivity index (χ0v) is 10.2. The zero-order valence-electron chi connectivity index (χ0n) is 10.2. The highest BCUT2D eigenvalue weighted by Gasteiger charge is 2.09. The second-order valence-corrected chi connectivity index (χ2v) is 3.84. The fraction of sp³-hybridized carbons (Fsp3) is 0.417. The van der Waals surface area contributed by atoms with E-state index in [0.717, 1.165) is 0 Å². The van der Waals surface area contributed by atoms with E-state index >= 15 is 0 Å². The molecule has 1 atom stereocenters. The summed E-state index contributed by atoms with van der Waals surface area (Å²) in [6, 6.07) is 3.86. The van der Waals surface area contributed by atoms with Crippen LogP contribution >= 0.6 is 0 Å². The Morgan fingerprint density at radius 3 is 2.78 bits per heavy atom. The molecular weight excluding hydrogens is 239 g/mol. The summed E-state index contributed by atoms with van der Waals surface area (Å²) < 4.78 is 23.1. The lowest BCUT2D eigenvalue weighted by Gasteiger charge is -2.14. The second kappa shape index (κ2) is 6.80. The summed E-state index contributed by atoms with van der Waals surface area (Å²) in [6.45, 7) is 2.26. The van der Waals surface area contributed by atoms with Crippen LogP contribution in [0.25, 0.3) is 0 Å². The molecule has 0 fully saturated rings. The third-order valence-corrected chi connectivity index (χ3v) is 2.25. The van der Waals surface area contributed by atoms with E-state index < -0.39 is 6.09 Å². The molecule has 0 unspecified atom stereocenters. The van der Waals surface area contributed by atoms with Crippen LogP contribution in [-0.4, -0.2) is 19.3 Å². The number of amides is 1. The van der Waals surface area contributed by atoms with Gasteiger partial charge in [-0.25, -0.2) is 9.18 Å². The Labute approximate surface area is 105 Å². The second-order valence-electron chi connectivity index (χ2n) is 3.84. The van der Waals surface area contributed by atoms with Gasteiger partial charge in [-0.3, -0.25) is 0 Å². The van der Waals surface area contributed by atoms with E-state index in [1.54, 1.807) is 6.92 Å². The summed E-state index contributed by atoms with van der Waals surface area (Å²) in [6.07, 6.45) is -0.313. The third-order valence-electron chi connectivity index (χ3n) is 2.25. The van der Waals surface area contributed by atoms with Crippen molar-refractivity contribution >= 4 is 6.09 Å². The molecule has 6 heteroatoms. The molecule has 100 valence electrons. The van der Waals surface area contributed by atoms with E-state index in [9.17, 15) is 9.18 Å².